The van der Waals surface area contributed by atoms with E-state index in [2.05, 4.69) is 19.2 Å². The molecular weight excluding hydrogens is 454 g/mol. The Labute approximate surface area is 202 Å². The molecule has 1 aromatic carbocycles. The van der Waals surface area contributed by atoms with Gasteiger partial charge in [0.25, 0.3) is 0 Å². The molecule has 0 amide bonds. The molecule has 2 aromatic rings. The molecule has 34 heavy (non-hydrogen) atoms. The third-order valence-corrected chi connectivity index (χ3v) is 8.25. The number of anilines is 1. The second kappa shape index (κ2) is 12.1. The standard InChI is InChI=1S/C26H38FN2O4P/c1-5-21(6-2)29-18-19(14-15-34(31,32-7-3)33-8-4)26(30)22-16-23(27)24(17-25(22)29)28-20-12-10-9-11-13-20/h14-18,20-21,28H,5-13H2,1-4H3. The van der Waals surface area contributed by atoms with Crippen LogP contribution in [0.15, 0.2) is 28.9 Å². The van der Waals surface area contributed by atoms with Crippen LogP contribution >= 0.6 is 7.60 Å². The summed E-state index contributed by atoms with van der Waals surface area (Å²) in [6, 6.07) is 3.50. The van der Waals surface area contributed by atoms with Crippen molar-refractivity contribution in [1.29, 1.82) is 0 Å². The smallest absolute Gasteiger partial charge is 0.354 e. The molecule has 0 unspecified atom stereocenters. The lowest BCUT2D eigenvalue weighted by Crippen LogP contribution is -2.23. The van der Waals surface area contributed by atoms with Crippen molar-refractivity contribution in [3.8, 4) is 0 Å². The molecule has 0 spiro atoms. The predicted molar refractivity (Wildman–Crippen MR) is 138 cm³/mol. The average Bonchev–Trinajstić information content (AvgIpc) is 2.82. The first-order valence-electron chi connectivity index (χ1n) is 12.6. The summed E-state index contributed by atoms with van der Waals surface area (Å²) in [5.41, 5.74) is 1.16. The fourth-order valence-electron chi connectivity index (χ4n) is 4.73. The van der Waals surface area contributed by atoms with Crippen molar-refractivity contribution < 1.29 is 18.0 Å². The number of nitrogens with zero attached hydrogens (tertiary/aromatic N) is 1. The van der Waals surface area contributed by atoms with Gasteiger partial charge in [-0.15, -0.1) is 0 Å². The van der Waals surface area contributed by atoms with E-state index in [1.807, 2.05) is 4.57 Å². The van der Waals surface area contributed by atoms with Crippen molar-refractivity contribution in [2.45, 2.75) is 84.7 Å². The van der Waals surface area contributed by atoms with Crippen LogP contribution in [0.2, 0.25) is 0 Å². The van der Waals surface area contributed by atoms with Gasteiger partial charge >= 0.3 is 7.60 Å². The Morgan fingerprint density at radius 2 is 1.76 bits per heavy atom. The minimum Gasteiger partial charge on any atom is -0.380 e. The van der Waals surface area contributed by atoms with E-state index in [-0.39, 0.29) is 30.7 Å². The van der Waals surface area contributed by atoms with E-state index in [0.29, 0.717) is 22.2 Å². The maximum atomic E-state index is 15.1. The maximum absolute atomic E-state index is 15.1. The summed E-state index contributed by atoms with van der Waals surface area (Å²) in [5, 5.41) is 3.69. The van der Waals surface area contributed by atoms with E-state index in [0.717, 1.165) is 38.5 Å². The summed E-state index contributed by atoms with van der Waals surface area (Å²) in [6.07, 6.45) is 10.6. The first-order valence-corrected chi connectivity index (χ1v) is 14.2. The maximum Gasteiger partial charge on any atom is 0.354 e. The van der Waals surface area contributed by atoms with Gasteiger partial charge in [-0.2, -0.15) is 0 Å². The highest BCUT2D eigenvalue weighted by Crippen LogP contribution is 2.50. The SMILES string of the molecule is CCOP(=O)(C=Cc1cn(C(CC)CC)c2cc(NC3CCCCC3)c(F)cc2c1=O)OCC. The van der Waals surface area contributed by atoms with E-state index in [9.17, 15) is 9.36 Å². The number of benzene rings is 1. The topological polar surface area (TPSA) is 69.6 Å². The van der Waals surface area contributed by atoms with Crippen LogP contribution in [-0.2, 0) is 13.6 Å². The number of fused-ring (bicyclic) bond motifs is 1. The molecule has 0 radical (unpaired) electrons. The molecular formula is C26H38FN2O4P. The zero-order chi connectivity index (χ0) is 24.7. The molecule has 8 heteroatoms. The molecule has 1 heterocycles. The normalized spacial score (nSPS) is 15.6. The fraction of sp³-hybridized carbons (Fsp3) is 0.577. The van der Waals surface area contributed by atoms with Gasteiger partial charge in [-0.1, -0.05) is 33.1 Å². The van der Waals surface area contributed by atoms with Crippen LogP contribution < -0.4 is 10.7 Å². The van der Waals surface area contributed by atoms with Crippen molar-refractivity contribution in [2.75, 3.05) is 18.5 Å². The summed E-state index contributed by atoms with van der Waals surface area (Å²) >= 11 is 0. The van der Waals surface area contributed by atoms with E-state index in [1.165, 1.54) is 24.4 Å². The molecule has 0 bridgehead atoms. The summed E-state index contributed by atoms with van der Waals surface area (Å²) in [5.74, 6) is 0.900. The largest absolute Gasteiger partial charge is 0.380 e. The van der Waals surface area contributed by atoms with E-state index < -0.39 is 13.4 Å². The van der Waals surface area contributed by atoms with Gasteiger partial charge in [0.05, 0.1) is 24.4 Å². The lowest BCUT2D eigenvalue weighted by Gasteiger charge is -2.25. The van der Waals surface area contributed by atoms with Crippen molar-refractivity contribution in [3.05, 3.63) is 45.8 Å². The third kappa shape index (κ3) is 6.18. The van der Waals surface area contributed by atoms with Crippen molar-refractivity contribution in [3.63, 3.8) is 0 Å². The Kier molecular flexibility index (Phi) is 9.52. The molecule has 188 valence electrons. The molecule has 0 saturated heterocycles. The zero-order valence-corrected chi connectivity index (χ0v) is 21.7. The number of hydrogen-bond donors (Lipinski definition) is 1. The highest BCUT2D eigenvalue weighted by Gasteiger charge is 2.21. The molecule has 1 fully saturated rings. The molecule has 3 rings (SSSR count). The molecule has 1 aromatic heterocycles. The van der Waals surface area contributed by atoms with Crippen molar-refractivity contribution in [2.24, 2.45) is 0 Å². The van der Waals surface area contributed by atoms with Crippen molar-refractivity contribution >= 4 is 30.3 Å². The van der Waals surface area contributed by atoms with Crippen LogP contribution in [-0.4, -0.2) is 23.8 Å². The highest BCUT2D eigenvalue weighted by molar-refractivity contribution is 7.57. The summed E-state index contributed by atoms with van der Waals surface area (Å²) in [7, 11) is -3.47. The second-order valence-electron chi connectivity index (χ2n) is 8.81. The van der Waals surface area contributed by atoms with Crippen LogP contribution in [0, 0.1) is 5.82 Å². The van der Waals surface area contributed by atoms with Gasteiger partial charge < -0.3 is 18.9 Å². The molecule has 1 aliphatic carbocycles. The van der Waals surface area contributed by atoms with Crippen LogP contribution in [0.4, 0.5) is 10.1 Å². The predicted octanol–water partition coefficient (Wildman–Crippen LogP) is 7.48. The summed E-state index contributed by atoms with van der Waals surface area (Å²) in [4.78, 5) is 13.3. The zero-order valence-electron chi connectivity index (χ0n) is 20.8. The first kappa shape index (κ1) is 26.7. The minimum absolute atomic E-state index is 0.133. The number of hydrogen-bond acceptors (Lipinski definition) is 5. The molecule has 0 aliphatic heterocycles. The van der Waals surface area contributed by atoms with Gasteiger partial charge in [-0.3, -0.25) is 9.36 Å². The second-order valence-corrected chi connectivity index (χ2v) is 10.7. The minimum atomic E-state index is -3.47. The Bertz CT molecular complexity index is 1090. The number of nitrogens with one attached hydrogen (secondary N) is 1. The van der Waals surface area contributed by atoms with Crippen LogP contribution in [0.25, 0.3) is 17.0 Å². The number of pyridine rings is 1. The van der Waals surface area contributed by atoms with Gasteiger partial charge in [0.15, 0.2) is 5.43 Å². The monoisotopic (exact) mass is 492 g/mol. The lowest BCUT2D eigenvalue weighted by molar-refractivity contribution is 0.229. The number of rotatable bonds is 11. The fourth-order valence-corrected chi connectivity index (χ4v) is 6.04. The summed E-state index contributed by atoms with van der Waals surface area (Å²) < 4.78 is 40.7. The van der Waals surface area contributed by atoms with E-state index in [4.69, 9.17) is 9.05 Å². The van der Waals surface area contributed by atoms with Crippen LogP contribution in [0.1, 0.15) is 84.2 Å². The third-order valence-electron chi connectivity index (χ3n) is 6.50. The van der Waals surface area contributed by atoms with Gasteiger partial charge in [0.2, 0.25) is 0 Å². The van der Waals surface area contributed by atoms with Crippen LogP contribution in [0.3, 0.4) is 0 Å². The Hall–Kier alpha value is -1.95. The molecule has 1 aliphatic rings. The van der Waals surface area contributed by atoms with Crippen LogP contribution in [0.5, 0.6) is 0 Å². The van der Waals surface area contributed by atoms with Gasteiger partial charge in [0.1, 0.15) is 5.82 Å². The Balaban J connectivity index is 2.12. The molecule has 6 nitrogen and oxygen atoms in total. The Morgan fingerprint density at radius 3 is 2.35 bits per heavy atom. The van der Waals surface area contributed by atoms with E-state index in [1.54, 1.807) is 26.1 Å². The quantitative estimate of drug-likeness (QED) is 0.329. The van der Waals surface area contributed by atoms with Gasteiger partial charge in [-0.25, -0.2) is 4.39 Å². The van der Waals surface area contributed by atoms with Crippen molar-refractivity contribution in [1.82, 2.24) is 4.57 Å². The molecule has 0 atom stereocenters. The average molecular weight is 493 g/mol. The molecule has 1 saturated carbocycles. The first-order chi connectivity index (χ1) is 16.4. The number of aromatic nitrogens is 1. The summed E-state index contributed by atoms with van der Waals surface area (Å²) in [6.45, 7) is 8.10. The Morgan fingerprint density at radius 1 is 1.12 bits per heavy atom. The van der Waals surface area contributed by atoms with Gasteiger partial charge in [0, 0.05) is 35.0 Å². The van der Waals surface area contributed by atoms with E-state index >= 15 is 4.39 Å². The van der Waals surface area contributed by atoms with Gasteiger partial charge in [-0.05, 0) is 57.7 Å². The highest BCUT2D eigenvalue weighted by atomic mass is 31.2. The number of halogens is 1. The molecule has 1 N–H and O–H groups in total. The lowest BCUT2D eigenvalue weighted by atomic mass is 9.95.